The Morgan fingerprint density at radius 3 is 2.14 bits per heavy atom. The Labute approximate surface area is 124 Å². The lowest BCUT2D eigenvalue weighted by molar-refractivity contribution is 0.122. The molecule has 0 amide bonds. The molecular formula is C13H22N6O2. The second-order valence-electron chi connectivity index (χ2n) is 5.33. The third-order valence-corrected chi connectivity index (χ3v) is 3.88. The summed E-state index contributed by atoms with van der Waals surface area (Å²) in [5, 5.41) is 12.6. The highest BCUT2D eigenvalue weighted by Gasteiger charge is 2.22. The zero-order valence-corrected chi connectivity index (χ0v) is 12.3. The van der Waals surface area contributed by atoms with Crippen molar-refractivity contribution in [2.45, 2.75) is 18.9 Å². The van der Waals surface area contributed by atoms with Gasteiger partial charge in [0.15, 0.2) is 0 Å². The molecule has 0 atom stereocenters. The SMILES string of the molecule is CNc1nc(N2CCOCC2)nc(N2CCC(O)CC2)n1. The quantitative estimate of drug-likeness (QED) is 0.786. The molecule has 2 aliphatic heterocycles. The zero-order valence-electron chi connectivity index (χ0n) is 12.3. The molecule has 1 aromatic rings. The summed E-state index contributed by atoms with van der Waals surface area (Å²) in [4.78, 5) is 17.7. The Morgan fingerprint density at radius 1 is 1.00 bits per heavy atom. The van der Waals surface area contributed by atoms with Gasteiger partial charge in [0.05, 0.1) is 19.3 Å². The van der Waals surface area contributed by atoms with Crippen LogP contribution in [0.2, 0.25) is 0 Å². The summed E-state index contributed by atoms with van der Waals surface area (Å²) in [6.07, 6.45) is 1.31. The van der Waals surface area contributed by atoms with Gasteiger partial charge in [-0.05, 0) is 12.8 Å². The van der Waals surface area contributed by atoms with Crippen LogP contribution in [0.3, 0.4) is 0 Å². The standard InChI is InChI=1S/C13H22N6O2/c1-14-11-15-12(18-4-2-10(20)3-5-18)17-13(16-11)19-6-8-21-9-7-19/h10,20H,2-9H2,1H3,(H,14,15,16,17). The molecule has 3 rings (SSSR count). The molecule has 0 radical (unpaired) electrons. The number of rotatable bonds is 3. The van der Waals surface area contributed by atoms with Gasteiger partial charge in [-0.1, -0.05) is 0 Å². The number of aromatic nitrogens is 3. The van der Waals surface area contributed by atoms with Gasteiger partial charge >= 0.3 is 0 Å². The van der Waals surface area contributed by atoms with Gasteiger partial charge < -0.3 is 25.0 Å². The molecule has 2 fully saturated rings. The molecule has 8 heteroatoms. The maximum atomic E-state index is 9.62. The number of ether oxygens (including phenoxy) is 1. The van der Waals surface area contributed by atoms with Crippen molar-refractivity contribution in [1.82, 2.24) is 15.0 Å². The Balaban J connectivity index is 1.82. The molecule has 8 nitrogen and oxygen atoms in total. The third kappa shape index (κ3) is 3.33. The van der Waals surface area contributed by atoms with Crippen molar-refractivity contribution in [3.05, 3.63) is 0 Å². The van der Waals surface area contributed by atoms with Crippen LogP contribution < -0.4 is 15.1 Å². The molecule has 3 heterocycles. The predicted molar refractivity (Wildman–Crippen MR) is 79.9 cm³/mol. The lowest BCUT2D eigenvalue weighted by Crippen LogP contribution is -2.39. The first kappa shape index (κ1) is 14.3. The summed E-state index contributed by atoms with van der Waals surface area (Å²) < 4.78 is 5.37. The van der Waals surface area contributed by atoms with Gasteiger partial charge in [-0.25, -0.2) is 0 Å². The molecule has 0 saturated carbocycles. The van der Waals surface area contributed by atoms with E-state index in [4.69, 9.17) is 4.74 Å². The number of anilines is 3. The molecule has 116 valence electrons. The van der Waals surface area contributed by atoms with Crippen LogP contribution in [-0.4, -0.2) is 72.6 Å². The van der Waals surface area contributed by atoms with Gasteiger partial charge in [-0.15, -0.1) is 0 Å². The number of hydrogen-bond acceptors (Lipinski definition) is 8. The summed E-state index contributed by atoms with van der Waals surface area (Å²) in [7, 11) is 1.81. The van der Waals surface area contributed by atoms with Crippen LogP contribution in [0.1, 0.15) is 12.8 Å². The maximum Gasteiger partial charge on any atom is 0.232 e. The van der Waals surface area contributed by atoms with E-state index >= 15 is 0 Å². The Morgan fingerprint density at radius 2 is 1.57 bits per heavy atom. The van der Waals surface area contributed by atoms with E-state index in [-0.39, 0.29) is 6.10 Å². The van der Waals surface area contributed by atoms with Crippen LogP contribution in [0.5, 0.6) is 0 Å². The first-order valence-corrected chi connectivity index (χ1v) is 7.46. The summed E-state index contributed by atoms with van der Waals surface area (Å²) >= 11 is 0. The first-order chi connectivity index (χ1) is 10.3. The van der Waals surface area contributed by atoms with Crippen molar-refractivity contribution in [1.29, 1.82) is 0 Å². The van der Waals surface area contributed by atoms with Crippen molar-refractivity contribution in [3.63, 3.8) is 0 Å². The molecule has 0 spiro atoms. The Kier molecular flexibility index (Phi) is 4.35. The molecule has 2 N–H and O–H groups in total. The fourth-order valence-electron chi connectivity index (χ4n) is 2.58. The largest absolute Gasteiger partial charge is 0.393 e. The fourth-order valence-corrected chi connectivity index (χ4v) is 2.58. The molecule has 0 bridgehead atoms. The van der Waals surface area contributed by atoms with Crippen LogP contribution in [-0.2, 0) is 4.74 Å². The van der Waals surface area contributed by atoms with Crippen LogP contribution in [0.25, 0.3) is 0 Å². The normalized spacial score (nSPS) is 20.7. The van der Waals surface area contributed by atoms with E-state index in [1.165, 1.54) is 0 Å². The monoisotopic (exact) mass is 294 g/mol. The number of piperidine rings is 1. The lowest BCUT2D eigenvalue weighted by atomic mass is 10.1. The average molecular weight is 294 g/mol. The Bertz CT molecular complexity index is 472. The van der Waals surface area contributed by atoms with E-state index in [9.17, 15) is 5.11 Å². The van der Waals surface area contributed by atoms with Gasteiger partial charge in [0.1, 0.15) is 0 Å². The van der Waals surface area contributed by atoms with Crippen molar-refractivity contribution in [3.8, 4) is 0 Å². The molecule has 21 heavy (non-hydrogen) atoms. The van der Waals surface area contributed by atoms with Crippen LogP contribution in [0.4, 0.5) is 17.8 Å². The smallest absolute Gasteiger partial charge is 0.232 e. The number of nitrogens with zero attached hydrogens (tertiary/aromatic N) is 5. The van der Waals surface area contributed by atoms with Gasteiger partial charge in [0, 0.05) is 33.2 Å². The predicted octanol–water partition coefficient (Wildman–Crippen LogP) is -0.289. The number of aliphatic hydroxyl groups is 1. The zero-order chi connectivity index (χ0) is 14.7. The molecule has 2 aliphatic rings. The minimum Gasteiger partial charge on any atom is -0.393 e. The second kappa shape index (κ2) is 6.40. The van der Waals surface area contributed by atoms with Crippen LogP contribution >= 0.6 is 0 Å². The molecule has 1 aromatic heterocycles. The number of hydrogen-bond donors (Lipinski definition) is 2. The van der Waals surface area contributed by atoms with E-state index < -0.39 is 0 Å². The minimum atomic E-state index is -0.203. The molecule has 2 saturated heterocycles. The summed E-state index contributed by atoms with van der Waals surface area (Å²) in [6.45, 7) is 4.54. The second-order valence-corrected chi connectivity index (χ2v) is 5.33. The highest BCUT2D eigenvalue weighted by molar-refractivity contribution is 5.45. The van der Waals surface area contributed by atoms with Crippen molar-refractivity contribution in [2.24, 2.45) is 0 Å². The van der Waals surface area contributed by atoms with E-state index in [2.05, 4.69) is 30.1 Å². The number of morpholine rings is 1. The minimum absolute atomic E-state index is 0.203. The van der Waals surface area contributed by atoms with Crippen LogP contribution in [0, 0.1) is 0 Å². The topological polar surface area (TPSA) is 86.6 Å². The summed E-state index contributed by atoms with van der Waals surface area (Å²) in [5.41, 5.74) is 0. The van der Waals surface area contributed by atoms with Gasteiger partial charge in [-0.2, -0.15) is 15.0 Å². The van der Waals surface area contributed by atoms with Crippen molar-refractivity contribution in [2.75, 3.05) is 61.6 Å². The van der Waals surface area contributed by atoms with E-state index in [1.807, 2.05) is 7.05 Å². The maximum absolute atomic E-state index is 9.62. The van der Waals surface area contributed by atoms with Gasteiger partial charge in [0.2, 0.25) is 17.8 Å². The van der Waals surface area contributed by atoms with E-state index in [0.717, 1.165) is 39.0 Å². The van der Waals surface area contributed by atoms with E-state index in [1.54, 1.807) is 0 Å². The fraction of sp³-hybridized carbons (Fsp3) is 0.769. The lowest BCUT2D eigenvalue weighted by Gasteiger charge is -2.31. The van der Waals surface area contributed by atoms with Crippen molar-refractivity contribution < 1.29 is 9.84 Å². The van der Waals surface area contributed by atoms with Gasteiger partial charge in [-0.3, -0.25) is 0 Å². The third-order valence-electron chi connectivity index (χ3n) is 3.88. The van der Waals surface area contributed by atoms with Crippen LogP contribution in [0.15, 0.2) is 0 Å². The first-order valence-electron chi connectivity index (χ1n) is 7.46. The number of aliphatic hydroxyl groups excluding tert-OH is 1. The molecule has 0 aliphatic carbocycles. The van der Waals surface area contributed by atoms with Gasteiger partial charge in [0.25, 0.3) is 0 Å². The molecule has 0 aromatic carbocycles. The average Bonchev–Trinajstić information content (AvgIpc) is 2.56. The number of nitrogens with one attached hydrogen (secondary N) is 1. The summed E-state index contributed by atoms with van der Waals surface area (Å²) in [5.74, 6) is 1.95. The molecular weight excluding hydrogens is 272 g/mol. The highest BCUT2D eigenvalue weighted by atomic mass is 16.5. The molecule has 0 unspecified atom stereocenters. The Hall–Kier alpha value is -1.67. The highest BCUT2D eigenvalue weighted by Crippen LogP contribution is 2.20. The van der Waals surface area contributed by atoms with E-state index in [0.29, 0.717) is 31.1 Å². The summed E-state index contributed by atoms with van der Waals surface area (Å²) in [6, 6.07) is 0. The van der Waals surface area contributed by atoms with Crippen molar-refractivity contribution >= 4 is 17.8 Å².